The predicted octanol–water partition coefficient (Wildman–Crippen LogP) is 1.65. The zero-order chi connectivity index (χ0) is 9.68. The van der Waals surface area contributed by atoms with Crippen molar-refractivity contribution in [2.24, 2.45) is 0 Å². The lowest BCUT2D eigenvalue weighted by Gasteiger charge is -2.07. The third-order valence-corrected chi connectivity index (χ3v) is 1.55. The Morgan fingerprint density at radius 2 is 1.54 bits per heavy atom. The summed E-state index contributed by atoms with van der Waals surface area (Å²) in [4.78, 5) is 8.49. The molecule has 0 saturated heterocycles. The van der Waals surface area contributed by atoms with Gasteiger partial charge >= 0.3 is 0 Å². The van der Waals surface area contributed by atoms with Gasteiger partial charge in [0.1, 0.15) is 17.5 Å². The number of aromatic nitrogens is 2. The third-order valence-electron chi connectivity index (χ3n) is 1.55. The summed E-state index contributed by atoms with van der Waals surface area (Å²) in [5.74, 6) is 2.55. The topological polar surface area (TPSA) is 49.8 Å². The van der Waals surface area contributed by atoms with E-state index in [1.807, 2.05) is 26.8 Å². The molecule has 0 bridgehead atoms. The van der Waals surface area contributed by atoms with Gasteiger partial charge in [0, 0.05) is 19.2 Å². The van der Waals surface area contributed by atoms with Gasteiger partial charge < -0.3 is 10.6 Å². The molecule has 0 fully saturated rings. The molecule has 0 aromatic carbocycles. The number of hydrogen-bond donors (Lipinski definition) is 2. The molecular formula is C9H16N4. The number of rotatable bonds is 4. The van der Waals surface area contributed by atoms with Crippen LogP contribution >= 0.6 is 0 Å². The molecule has 0 aliphatic carbocycles. The van der Waals surface area contributed by atoms with Gasteiger partial charge in [-0.1, -0.05) is 0 Å². The van der Waals surface area contributed by atoms with Gasteiger partial charge in [-0.3, -0.25) is 0 Å². The predicted molar refractivity (Wildman–Crippen MR) is 55.1 cm³/mol. The van der Waals surface area contributed by atoms with Crippen molar-refractivity contribution in [3.05, 3.63) is 11.9 Å². The smallest absolute Gasteiger partial charge is 0.131 e. The highest BCUT2D eigenvalue weighted by Crippen LogP contribution is 2.09. The van der Waals surface area contributed by atoms with Gasteiger partial charge in [0.05, 0.1) is 0 Å². The number of nitrogens with zero attached hydrogens (tertiary/aromatic N) is 2. The van der Waals surface area contributed by atoms with Crippen molar-refractivity contribution in [2.45, 2.75) is 20.8 Å². The molecule has 4 heteroatoms. The first-order chi connectivity index (χ1) is 6.26. The van der Waals surface area contributed by atoms with Crippen molar-refractivity contribution in [3.63, 3.8) is 0 Å². The van der Waals surface area contributed by atoms with Crippen LogP contribution in [-0.4, -0.2) is 23.1 Å². The van der Waals surface area contributed by atoms with Crippen LogP contribution in [0.15, 0.2) is 6.07 Å². The Balaban J connectivity index is 2.83. The molecule has 0 spiro atoms. The van der Waals surface area contributed by atoms with Crippen LogP contribution in [0, 0.1) is 6.92 Å². The fraction of sp³-hybridized carbons (Fsp3) is 0.556. The fourth-order valence-electron chi connectivity index (χ4n) is 1.11. The van der Waals surface area contributed by atoms with E-state index in [1.165, 1.54) is 0 Å². The van der Waals surface area contributed by atoms with Crippen molar-refractivity contribution >= 4 is 11.6 Å². The molecule has 4 nitrogen and oxygen atoms in total. The van der Waals surface area contributed by atoms with Crippen molar-refractivity contribution in [1.29, 1.82) is 0 Å². The van der Waals surface area contributed by atoms with E-state index in [9.17, 15) is 0 Å². The van der Waals surface area contributed by atoms with Gasteiger partial charge in [0.2, 0.25) is 0 Å². The Kier molecular flexibility index (Phi) is 3.49. The van der Waals surface area contributed by atoms with Crippen LogP contribution in [0.1, 0.15) is 19.7 Å². The standard InChI is InChI=1S/C9H16N4/c1-4-10-8-6-9(11-5-2)13-7(3)12-8/h6H,4-5H2,1-3H3,(H2,10,11,12,13). The van der Waals surface area contributed by atoms with E-state index in [4.69, 9.17) is 0 Å². The molecule has 0 amide bonds. The lowest BCUT2D eigenvalue weighted by Crippen LogP contribution is -2.05. The van der Waals surface area contributed by atoms with E-state index >= 15 is 0 Å². The second-order valence-electron chi connectivity index (χ2n) is 2.75. The Labute approximate surface area is 78.8 Å². The van der Waals surface area contributed by atoms with Gasteiger partial charge in [-0.25, -0.2) is 9.97 Å². The Hall–Kier alpha value is -1.32. The SMILES string of the molecule is CCNc1cc(NCC)nc(C)n1. The van der Waals surface area contributed by atoms with Crippen molar-refractivity contribution in [2.75, 3.05) is 23.7 Å². The second kappa shape index (κ2) is 4.64. The summed E-state index contributed by atoms with van der Waals surface area (Å²) in [6.45, 7) is 7.74. The first-order valence-electron chi connectivity index (χ1n) is 4.59. The van der Waals surface area contributed by atoms with E-state index < -0.39 is 0 Å². The van der Waals surface area contributed by atoms with Crippen LogP contribution in [0.25, 0.3) is 0 Å². The van der Waals surface area contributed by atoms with Gasteiger partial charge in [0.15, 0.2) is 0 Å². The highest BCUT2D eigenvalue weighted by molar-refractivity contribution is 5.47. The maximum Gasteiger partial charge on any atom is 0.131 e. The van der Waals surface area contributed by atoms with E-state index in [1.54, 1.807) is 0 Å². The Morgan fingerprint density at radius 3 is 1.92 bits per heavy atom. The van der Waals surface area contributed by atoms with Crippen molar-refractivity contribution in [3.8, 4) is 0 Å². The van der Waals surface area contributed by atoms with Gasteiger partial charge in [-0.2, -0.15) is 0 Å². The number of nitrogens with one attached hydrogen (secondary N) is 2. The minimum absolute atomic E-state index is 0.786. The summed E-state index contributed by atoms with van der Waals surface area (Å²) >= 11 is 0. The maximum atomic E-state index is 4.24. The van der Waals surface area contributed by atoms with Crippen LogP contribution in [0.4, 0.5) is 11.6 Å². The van der Waals surface area contributed by atoms with E-state index in [0.717, 1.165) is 30.5 Å². The summed E-state index contributed by atoms with van der Waals surface area (Å²) in [6, 6.07) is 1.92. The minimum Gasteiger partial charge on any atom is -0.370 e. The van der Waals surface area contributed by atoms with Crippen molar-refractivity contribution in [1.82, 2.24) is 9.97 Å². The molecule has 1 rings (SSSR count). The van der Waals surface area contributed by atoms with Crippen LogP contribution in [0.5, 0.6) is 0 Å². The van der Waals surface area contributed by atoms with Crippen molar-refractivity contribution < 1.29 is 0 Å². The van der Waals surface area contributed by atoms with E-state index in [-0.39, 0.29) is 0 Å². The zero-order valence-corrected chi connectivity index (χ0v) is 8.39. The summed E-state index contributed by atoms with van der Waals surface area (Å²) in [7, 11) is 0. The average molecular weight is 180 g/mol. The Bertz CT molecular complexity index is 248. The molecule has 0 aliphatic rings. The zero-order valence-electron chi connectivity index (χ0n) is 8.39. The third kappa shape index (κ3) is 2.89. The Morgan fingerprint density at radius 1 is 1.08 bits per heavy atom. The molecule has 0 aliphatic heterocycles. The molecule has 0 saturated carbocycles. The van der Waals surface area contributed by atoms with Gasteiger partial charge in [-0.05, 0) is 20.8 Å². The molecular weight excluding hydrogens is 164 g/mol. The maximum absolute atomic E-state index is 4.24. The number of anilines is 2. The molecule has 0 unspecified atom stereocenters. The number of aryl methyl sites for hydroxylation is 1. The summed E-state index contributed by atoms with van der Waals surface area (Å²) in [5, 5.41) is 6.31. The molecule has 2 N–H and O–H groups in total. The lowest BCUT2D eigenvalue weighted by atomic mass is 10.4. The fourth-order valence-corrected chi connectivity index (χ4v) is 1.11. The summed E-state index contributed by atoms with van der Waals surface area (Å²) in [6.07, 6.45) is 0. The monoisotopic (exact) mass is 180 g/mol. The molecule has 13 heavy (non-hydrogen) atoms. The second-order valence-corrected chi connectivity index (χ2v) is 2.75. The molecule has 72 valence electrons. The number of hydrogen-bond acceptors (Lipinski definition) is 4. The molecule has 1 aromatic heterocycles. The van der Waals surface area contributed by atoms with E-state index in [2.05, 4.69) is 20.6 Å². The van der Waals surface area contributed by atoms with Crippen LogP contribution in [0.3, 0.4) is 0 Å². The first-order valence-corrected chi connectivity index (χ1v) is 4.59. The minimum atomic E-state index is 0.786. The molecule has 1 heterocycles. The van der Waals surface area contributed by atoms with Gasteiger partial charge in [0.25, 0.3) is 0 Å². The quantitative estimate of drug-likeness (QED) is 0.739. The highest BCUT2D eigenvalue weighted by Gasteiger charge is 1.98. The normalized spacial score (nSPS) is 9.77. The summed E-state index contributed by atoms with van der Waals surface area (Å²) < 4.78 is 0. The molecule has 0 radical (unpaired) electrons. The largest absolute Gasteiger partial charge is 0.370 e. The highest BCUT2D eigenvalue weighted by atomic mass is 15.1. The van der Waals surface area contributed by atoms with E-state index in [0.29, 0.717) is 0 Å². The van der Waals surface area contributed by atoms with Gasteiger partial charge in [-0.15, -0.1) is 0 Å². The molecule has 0 atom stereocenters. The van der Waals surface area contributed by atoms with Crippen LogP contribution in [-0.2, 0) is 0 Å². The van der Waals surface area contributed by atoms with Crippen LogP contribution < -0.4 is 10.6 Å². The average Bonchev–Trinajstić information content (AvgIpc) is 2.04. The summed E-state index contributed by atoms with van der Waals surface area (Å²) in [5.41, 5.74) is 0. The van der Waals surface area contributed by atoms with Crippen LogP contribution in [0.2, 0.25) is 0 Å². The molecule has 1 aromatic rings. The lowest BCUT2D eigenvalue weighted by molar-refractivity contribution is 1.02. The first kappa shape index (κ1) is 9.77.